The Balaban J connectivity index is 0.00000288. The lowest BCUT2D eigenvalue weighted by Crippen LogP contribution is -2.33. The smallest absolute Gasteiger partial charge is 0.257 e. The molecule has 2 aromatic rings. The van der Waals surface area contributed by atoms with Crippen molar-refractivity contribution in [1.29, 1.82) is 0 Å². The normalized spacial score (nSPS) is 10.6. The molecule has 2 rings (SSSR count). The summed E-state index contributed by atoms with van der Waals surface area (Å²) in [6, 6.07) is 7.48. The van der Waals surface area contributed by atoms with Crippen LogP contribution in [-0.2, 0) is 0 Å². The van der Waals surface area contributed by atoms with Gasteiger partial charge in [0.1, 0.15) is 0 Å². The van der Waals surface area contributed by atoms with Crippen molar-refractivity contribution in [3.63, 3.8) is 0 Å². The molecule has 0 unspecified atom stereocenters. The number of amides is 1. The van der Waals surface area contributed by atoms with Crippen LogP contribution in [0.4, 0.5) is 0 Å². The van der Waals surface area contributed by atoms with E-state index in [0.717, 1.165) is 17.9 Å². The van der Waals surface area contributed by atoms with Gasteiger partial charge >= 0.3 is 0 Å². The first-order valence-electron chi connectivity index (χ1n) is 7.69. The maximum Gasteiger partial charge on any atom is 0.257 e. The number of nitrogens with one attached hydrogen (secondary N) is 1. The van der Waals surface area contributed by atoms with Crippen molar-refractivity contribution in [2.75, 3.05) is 27.2 Å². The van der Waals surface area contributed by atoms with E-state index in [1.807, 2.05) is 31.3 Å². The molecular formula is C17H24Cl2N4O. The number of carbonyl (C=O) groups excluding carboxylic acids is 1. The zero-order chi connectivity index (χ0) is 17.0. The lowest BCUT2D eigenvalue weighted by molar-refractivity contribution is 0.0795. The molecule has 0 bridgehead atoms. The molecule has 0 spiro atoms. The number of rotatable bonds is 6. The van der Waals surface area contributed by atoms with Crippen LogP contribution in [-0.4, -0.2) is 47.8 Å². The van der Waals surface area contributed by atoms with Crippen molar-refractivity contribution in [3.05, 3.63) is 46.7 Å². The summed E-state index contributed by atoms with van der Waals surface area (Å²) in [5, 5.41) is 8.12. The first-order chi connectivity index (χ1) is 11.0. The molecule has 0 radical (unpaired) electrons. The Hall–Kier alpha value is -1.56. The van der Waals surface area contributed by atoms with Crippen LogP contribution in [0.25, 0.3) is 5.69 Å². The van der Waals surface area contributed by atoms with E-state index in [4.69, 9.17) is 11.6 Å². The second kappa shape index (κ2) is 9.06. The molecule has 0 saturated heterocycles. The molecule has 1 heterocycles. The number of carbonyl (C=O) groups is 1. The Bertz CT molecular complexity index is 685. The Morgan fingerprint density at radius 2 is 2.12 bits per heavy atom. The minimum Gasteiger partial charge on any atom is -0.340 e. The molecular weight excluding hydrogens is 347 g/mol. The molecule has 0 fully saturated rings. The summed E-state index contributed by atoms with van der Waals surface area (Å²) >= 11 is 6.08. The van der Waals surface area contributed by atoms with Gasteiger partial charge < -0.3 is 10.2 Å². The quantitative estimate of drug-likeness (QED) is 0.847. The van der Waals surface area contributed by atoms with E-state index in [9.17, 15) is 4.79 Å². The van der Waals surface area contributed by atoms with Gasteiger partial charge in [0.2, 0.25) is 0 Å². The van der Waals surface area contributed by atoms with Crippen LogP contribution in [0.2, 0.25) is 5.02 Å². The maximum absolute atomic E-state index is 12.7. The third kappa shape index (κ3) is 4.50. The van der Waals surface area contributed by atoms with E-state index in [0.29, 0.717) is 17.1 Å². The van der Waals surface area contributed by atoms with Gasteiger partial charge in [-0.15, -0.1) is 12.4 Å². The van der Waals surface area contributed by atoms with Crippen LogP contribution in [0, 0.1) is 0 Å². The van der Waals surface area contributed by atoms with Crippen molar-refractivity contribution in [1.82, 2.24) is 20.0 Å². The Kier molecular flexibility index (Phi) is 7.73. The van der Waals surface area contributed by atoms with Crippen molar-refractivity contribution >= 4 is 29.9 Å². The molecule has 0 saturated carbocycles. The third-order valence-corrected chi connectivity index (χ3v) is 3.92. The van der Waals surface area contributed by atoms with E-state index in [2.05, 4.69) is 24.3 Å². The SMILES string of the molecule is CNCCN(C)C(=O)c1cnn(-c2cccc(Cl)c2)c1C(C)C.Cl. The summed E-state index contributed by atoms with van der Waals surface area (Å²) in [4.78, 5) is 14.4. The molecule has 7 heteroatoms. The molecule has 1 aromatic carbocycles. The number of hydrogen-bond acceptors (Lipinski definition) is 3. The summed E-state index contributed by atoms with van der Waals surface area (Å²) in [6.07, 6.45) is 1.65. The van der Waals surface area contributed by atoms with Gasteiger partial charge in [0.25, 0.3) is 5.91 Å². The molecule has 0 aliphatic heterocycles. The highest BCUT2D eigenvalue weighted by Gasteiger charge is 2.23. The van der Waals surface area contributed by atoms with Crippen molar-refractivity contribution in [2.45, 2.75) is 19.8 Å². The zero-order valence-electron chi connectivity index (χ0n) is 14.4. The first-order valence-corrected chi connectivity index (χ1v) is 8.07. The fourth-order valence-electron chi connectivity index (χ4n) is 2.48. The molecule has 0 atom stereocenters. The number of aromatic nitrogens is 2. The predicted octanol–water partition coefficient (Wildman–Crippen LogP) is 3.36. The van der Waals surface area contributed by atoms with Crippen LogP contribution >= 0.6 is 24.0 Å². The van der Waals surface area contributed by atoms with E-state index < -0.39 is 0 Å². The molecule has 1 amide bonds. The van der Waals surface area contributed by atoms with Crippen LogP contribution in [0.3, 0.4) is 0 Å². The molecule has 132 valence electrons. The molecule has 5 nitrogen and oxygen atoms in total. The lowest BCUT2D eigenvalue weighted by atomic mass is 10.0. The van der Waals surface area contributed by atoms with E-state index in [1.54, 1.807) is 22.8 Å². The summed E-state index contributed by atoms with van der Waals surface area (Å²) in [6.45, 7) is 5.52. The number of likely N-dealkylation sites (N-methyl/N-ethyl adjacent to an activating group) is 2. The second-order valence-electron chi connectivity index (χ2n) is 5.82. The van der Waals surface area contributed by atoms with Gasteiger partial charge in [-0.3, -0.25) is 4.79 Å². The largest absolute Gasteiger partial charge is 0.340 e. The summed E-state index contributed by atoms with van der Waals surface area (Å²) in [7, 11) is 3.68. The fraction of sp³-hybridized carbons (Fsp3) is 0.412. The Labute approximate surface area is 154 Å². The van der Waals surface area contributed by atoms with Gasteiger partial charge in [-0.05, 0) is 31.2 Å². The predicted molar refractivity (Wildman–Crippen MR) is 101 cm³/mol. The summed E-state index contributed by atoms with van der Waals surface area (Å²) < 4.78 is 1.80. The minimum absolute atomic E-state index is 0. The number of nitrogens with zero attached hydrogens (tertiary/aromatic N) is 3. The van der Waals surface area contributed by atoms with Crippen LogP contribution in [0.15, 0.2) is 30.5 Å². The zero-order valence-corrected chi connectivity index (χ0v) is 16.0. The fourth-order valence-corrected chi connectivity index (χ4v) is 2.66. The van der Waals surface area contributed by atoms with E-state index >= 15 is 0 Å². The average Bonchev–Trinajstić information content (AvgIpc) is 2.97. The van der Waals surface area contributed by atoms with Crippen LogP contribution < -0.4 is 5.32 Å². The highest BCUT2D eigenvalue weighted by atomic mass is 35.5. The van der Waals surface area contributed by atoms with E-state index in [1.165, 1.54) is 0 Å². The minimum atomic E-state index is -0.0165. The maximum atomic E-state index is 12.7. The third-order valence-electron chi connectivity index (χ3n) is 3.68. The number of hydrogen-bond donors (Lipinski definition) is 1. The topological polar surface area (TPSA) is 50.2 Å². The number of benzene rings is 1. The standard InChI is InChI=1S/C17H23ClN4O.ClH/c1-12(2)16-15(17(23)21(4)9-8-19-3)11-20-22(16)14-7-5-6-13(18)10-14;/h5-7,10-12,19H,8-9H2,1-4H3;1H. The van der Waals surface area contributed by atoms with Crippen molar-refractivity contribution in [2.24, 2.45) is 0 Å². The highest BCUT2D eigenvalue weighted by molar-refractivity contribution is 6.30. The second-order valence-corrected chi connectivity index (χ2v) is 6.26. The van der Waals surface area contributed by atoms with Gasteiger partial charge in [0.05, 0.1) is 23.1 Å². The number of halogens is 2. The van der Waals surface area contributed by atoms with E-state index in [-0.39, 0.29) is 24.2 Å². The van der Waals surface area contributed by atoms with Crippen LogP contribution in [0.1, 0.15) is 35.8 Å². The first kappa shape index (κ1) is 20.5. The van der Waals surface area contributed by atoms with Crippen molar-refractivity contribution < 1.29 is 4.79 Å². The Morgan fingerprint density at radius 3 is 2.71 bits per heavy atom. The molecule has 1 N–H and O–H groups in total. The van der Waals surface area contributed by atoms with Crippen LogP contribution in [0.5, 0.6) is 0 Å². The van der Waals surface area contributed by atoms with Gasteiger partial charge in [0.15, 0.2) is 0 Å². The summed E-state index contributed by atoms with van der Waals surface area (Å²) in [5.74, 6) is 0.144. The van der Waals surface area contributed by atoms with Crippen molar-refractivity contribution in [3.8, 4) is 5.69 Å². The van der Waals surface area contributed by atoms with Gasteiger partial charge in [-0.1, -0.05) is 31.5 Å². The summed E-state index contributed by atoms with van der Waals surface area (Å²) in [5.41, 5.74) is 2.39. The highest BCUT2D eigenvalue weighted by Crippen LogP contribution is 2.25. The van der Waals surface area contributed by atoms with Gasteiger partial charge in [-0.2, -0.15) is 5.10 Å². The van der Waals surface area contributed by atoms with Gasteiger partial charge in [0, 0.05) is 25.2 Å². The Morgan fingerprint density at radius 1 is 1.42 bits per heavy atom. The molecule has 0 aliphatic carbocycles. The monoisotopic (exact) mass is 370 g/mol. The average molecular weight is 371 g/mol. The molecule has 24 heavy (non-hydrogen) atoms. The molecule has 1 aromatic heterocycles. The lowest BCUT2D eigenvalue weighted by Gasteiger charge is -2.18. The van der Waals surface area contributed by atoms with Gasteiger partial charge in [-0.25, -0.2) is 4.68 Å². The molecule has 0 aliphatic rings.